The number of aryl methyl sites for hydroxylation is 1. The first kappa shape index (κ1) is 37.5. The van der Waals surface area contributed by atoms with Gasteiger partial charge in [-0.3, -0.25) is 23.8 Å². The maximum atomic E-state index is 15.8. The monoisotopic (exact) mass is 763 g/mol. The van der Waals surface area contributed by atoms with E-state index in [1.54, 1.807) is 36.4 Å². The Balaban J connectivity index is 0.000000649. The van der Waals surface area contributed by atoms with Crippen molar-refractivity contribution in [2.24, 2.45) is 13.0 Å². The van der Waals surface area contributed by atoms with Crippen molar-refractivity contribution in [3.05, 3.63) is 112 Å². The molecule has 7 rings (SSSR count). The van der Waals surface area contributed by atoms with E-state index in [1.165, 1.54) is 27.7 Å². The Kier molecular flexibility index (Phi) is 10.7. The molecule has 18 heteroatoms. The van der Waals surface area contributed by atoms with Gasteiger partial charge in [0.15, 0.2) is 5.82 Å². The number of aliphatic carboxylic acids is 1. The summed E-state index contributed by atoms with van der Waals surface area (Å²) in [6.45, 7) is 1.88. The Morgan fingerprint density at radius 1 is 1.00 bits per heavy atom. The van der Waals surface area contributed by atoms with Crippen molar-refractivity contribution in [2.45, 2.75) is 38.4 Å². The molecule has 6 aromatic rings. The Morgan fingerprint density at radius 3 is 2.44 bits per heavy atom. The van der Waals surface area contributed by atoms with Gasteiger partial charge in [0.25, 0.3) is 5.56 Å². The van der Waals surface area contributed by atoms with Gasteiger partial charge in [-0.15, -0.1) is 5.10 Å². The lowest BCUT2D eigenvalue weighted by Gasteiger charge is -2.22. The normalized spacial score (nSPS) is 15.9. The molecule has 2 atom stereocenters. The molecular formula is C36H30ClF4N9O4. The van der Waals surface area contributed by atoms with Gasteiger partial charge < -0.3 is 10.4 Å². The molecule has 0 aliphatic carbocycles. The number of hydrogen-bond donors (Lipinski definition) is 2. The number of rotatable bonds is 4. The van der Waals surface area contributed by atoms with Crippen molar-refractivity contribution in [1.29, 1.82) is 0 Å². The van der Waals surface area contributed by atoms with Crippen molar-refractivity contribution >= 4 is 29.2 Å². The van der Waals surface area contributed by atoms with E-state index in [-0.39, 0.29) is 28.1 Å². The van der Waals surface area contributed by atoms with E-state index in [2.05, 4.69) is 30.7 Å². The average Bonchev–Trinajstić information content (AvgIpc) is 3.78. The first-order valence-corrected chi connectivity index (χ1v) is 16.7. The van der Waals surface area contributed by atoms with E-state index in [4.69, 9.17) is 21.5 Å². The van der Waals surface area contributed by atoms with Crippen LogP contribution in [0.4, 0.5) is 23.2 Å². The highest BCUT2D eigenvalue weighted by molar-refractivity contribution is 6.31. The van der Waals surface area contributed by atoms with Gasteiger partial charge in [0, 0.05) is 36.4 Å². The minimum absolute atomic E-state index is 0.0219. The van der Waals surface area contributed by atoms with Crippen molar-refractivity contribution in [2.75, 3.05) is 5.32 Å². The van der Waals surface area contributed by atoms with E-state index in [1.807, 2.05) is 49.4 Å². The summed E-state index contributed by atoms with van der Waals surface area (Å²) in [6, 6.07) is 17.1. The van der Waals surface area contributed by atoms with E-state index in [0.717, 1.165) is 16.8 Å². The fourth-order valence-electron chi connectivity index (χ4n) is 5.96. The van der Waals surface area contributed by atoms with Crippen LogP contribution in [0.5, 0.6) is 0 Å². The number of carboxylic acid groups (broad SMARTS) is 1. The third-order valence-electron chi connectivity index (χ3n) is 8.71. The minimum Gasteiger partial charge on any atom is -0.475 e. The standard InChI is InChI=1S/C34H29ClFN9O2.C2HF3O2/c1-20-7-6-10-28(24-15-22(13-14-37-24)33-26(40-34(20)47)17-39-43(33)2)44-19-38-25(16-30(44)46)31-29(12-11-23(35)32(31)36)45-18-27(41-42-45)21-8-4-3-5-9-21;3-2(4,5)1(6)7/h3-5,8-9,11-20,28H,6-7,10H2,1-2H3,(H,40,47);(H,6,7)/t20-,28+;/m1./s1. The molecule has 2 N–H and O–H groups in total. The van der Waals surface area contributed by atoms with Gasteiger partial charge in [-0.25, -0.2) is 18.9 Å². The smallest absolute Gasteiger partial charge is 0.475 e. The molecule has 2 aromatic carbocycles. The van der Waals surface area contributed by atoms with Gasteiger partial charge >= 0.3 is 12.1 Å². The molecule has 0 radical (unpaired) electrons. The number of aromatic nitrogens is 8. The fraction of sp³-hybridized carbons (Fsp3) is 0.222. The molecule has 0 unspecified atom stereocenters. The number of nitrogens with one attached hydrogen (secondary N) is 1. The third kappa shape index (κ3) is 7.90. The third-order valence-corrected chi connectivity index (χ3v) is 9.00. The number of anilines is 1. The van der Waals surface area contributed by atoms with Gasteiger partial charge in [-0.05, 0) is 37.1 Å². The number of fused-ring (bicyclic) bond motifs is 4. The largest absolute Gasteiger partial charge is 0.490 e. The molecule has 278 valence electrons. The molecular weight excluding hydrogens is 734 g/mol. The zero-order valence-corrected chi connectivity index (χ0v) is 29.3. The molecule has 13 nitrogen and oxygen atoms in total. The molecule has 5 heterocycles. The van der Waals surface area contributed by atoms with Gasteiger partial charge in [0.05, 0.1) is 63.8 Å². The van der Waals surface area contributed by atoms with E-state index >= 15 is 4.39 Å². The highest BCUT2D eigenvalue weighted by Gasteiger charge is 2.38. The van der Waals surface area contributed by atoms with Crippen LogP contribution in [0.1, 0.15) is 37.9 Å². The van der Waals surface area contributed by atoms with Crippen LogP contribution in [0, 0.1) is 11.7 Å². The topological polar surface area (TPSA) is 163 Å². The second-order valence-corrected chi connectivity index (χ2v) is 12.7. The van der Waals surface area contributed by atoms with Crippen LogP contribution in [-0.4, -0.2) is 62.5 Å². The van der Waals surface area contributed by atoms with Gasteiger partial charge in [-0.1, -0.05) is 60.5 Å². The van der Waals surface area contributed by atoms with Crippen LogP contribution in [0.3, 0.4) is 0 Å². The predicted molar refractivity (Wildman–Crippen MR) is 189 cm³/mol. The number of amides is 1. The van der Waals surface area contributed by atoms with Crippen LogP contribution >= 0.6 is 11.6 Å². The Bertz CT molecular complexity index is 2400. The summed E-state index contributed by atoms with van der Waals surface area (Å²) in [5, 5.41) is 22.9. The lowest BCUT2D eigenvalue weighted by molar-refractivity contribution is -0.192. The number of hydrogen-bond acceptors (Lipinski definition) is 8. The highest BCUT2D eigenvalue weighted by Crippen LogP contribution is 2.35. The number of carboxylic acids is 1. The molecule has 2 bridgehead atoms. The van der Waals surface area contributed by atoms with Crippen LogP contribution in [0.15, 0.2) is 90.4 Å². The number of pyridine rings is 1. The molecule has 1 amide bonds. The summed E-state index contributed by atoms with van der Waals surface area (Å²) in [5.74, 6) is -3.86. The average molecular weight is 764 g/mol. The SMILES string of the molecule is C[C@@H]1CCC[C@H](n2cnc(-c3c(-n4cc(-c5ccccc5)nn4)ccc(Cl)c3F)cc2=O)c2cc(ccn2)-c2c(cnn2C)NC1=O.O=C(O)C(F)(F)F. The van der Waals surface area contributed by atoms with Crippen molar-refractivity contribution in [3.8, 4) is 39.5 Å². The van der Waals surface area contributed by atoms with Crippen molar-refractivity contribution in [1.82, 2.24) is 39.3 Å². The zero-order chi connectivity index (χ0) is 38.7. The van der Waals surface area contributed by atoms with Crippen LogP contribution in [0.25, 0.3) is 39.5 Å². The summed E-state index contributed by atoms with van der Waals surface area (Å²) in [6.07, 6.45) is 3.07. The summed E-state index contributed by atoms with van der Waals surface area (Å²) in [4.78, 5) is 45.0. The number of nitrogens with zero attached hydrogens (tertiary/aromatic N) is 8. The zero-order valence-electron chi connectivity index (χ0n) is 28.5. The molecule has 1 aliphatic rings. The van der Waals surface area contributed by atoms with Gasteiger partial charge in [-0.2, -0.15) is 18.3 Å². The summed E-state index contributed by atoms with van der Waals surface area (Å²) >= 11 is 6.23. The van der Waals surface area contributed by atoms with Crippen molar-refractivity contribution < 1.29 is 32.3 Å². The first-order valence-electron chi connectivity index (χ1n) is 16.4. The van der Waals surface area contributed by atoms with E-state index in [9.17, 15) is 22.8 Å². The summed E-state index contributed by atoms with van der Waals surface area (Å²) in [5.41, 5.74) is 4.24. The molecule has 0 fully saturated rings. The molecule has 54 heavy (non-hydrogen) atoms. The quantitative estimate of drug-likeness (QED) is 0.186. The van der Waals surface area contributed by atoms with E-state index < -0.39 is 29.6 Å². The molecule has 1 aliphatic heterocycles. The highest BCUT2D eigenvalue weighted by atomic mass is 35.5. The predicted octanol–water partition coefficient (Wildman–Crippen LogP) is 6.73. The maximum Gasteiger partial charge on any atom is 0.490 e. The molecule has 4 aromatic heterocycles. The second-order valence-electron chi connectivity index (χ2n) is 12.3. The Labute approximate surface area is 308 Å². The fourth-order valence-corrected chi connectivity index (χ4v) is 6.12. The van der Waals surface area contributed by atoms with Gasteiger partial charge in [0.2, 0.25) is 5.91 Å². The number of carbonyl (C=O) groups excluding carboxylic acids is 1. The molecule has 0 spiro atoms. The minimum atomic E-state index is -5.08. The summed E-state index contributed by atoms with van der Waals surface area (Å²) in [7, 11) is 1.80. The Morgan fingerprint density at radius 2 is 1.74 bits per heavy atom. The van der Waals surface area contributed by atoms with Gasteiger partial charge in [0.1, 0.15) is 5.69 Å². The van der Waals surface area contributed by atoms with Crippen LogP contribution in [0.2, 0.25) is 5.02 Å². The van der Waals surface area contributed by atoms with Crippen LogP contribution < -0.4 is 10.9 Å². The number of benzene rings is 2. The number of halogens is 5. The van der Waals surface area contributed by atoms with Crippen LogP contribution in [-0.2, 0) is 16.6 Å². The number of carbonyl (C=O) groups is 2. The molecule has 0 saturated heterocycles. The summed E-state index contributed by atoms with van der Waals surface area (Å²) < 4.78 is 52.1. The first-order chi connectivity index (χ1) is 25.7. The Hall–Kier alpha value is -6.23. The second kappa shape index (κ2) is 15.4. The number of alkyl halides is 3. The lowest BCUT2D eigenvalue weighted by Crippen LogP contribution is -2.27. The van der Waals surface area contributed by atoms with Crippen molar-refractivity contribution in [3.63, 3.8) is 0 Å². The maximum absolute atomic E-state index is 15.8. The lowest BCUT2D eigenvalue weighted by atomic mass is 9.97. The molecule has 0 saturated carbocycles. The van der Waals surface area contributed by atoms with E-state index in [0.29, 0.717) is 42.0 Å².